The summed E-state index contributed by atoms with van der Waals surface area (Å²) in [6.07, 6.45) is 7.63. The zero-order chi connectivity index (χ0) is 31.1. The fourth-order valence-electron chi connectivity index (χ4n) is 5.22. The van der Waals surface area contributed by atoms with Crippen molar-refractivity contribution in [3.05, 3.63) is 138 Å². The molecule has 230 valence electrons. The molecule has 0 radical (unpaired) electrons. The number of carbonyl (C=O) groups is 1. The van der Waals surface area contributed by atoms with Crippen LogP contribution in [0.15, 0.2) is 115 Å². The Hall–Kier alpha value is -4.94. The summed E-state index contributed by atoms with van der Waals surface area (Å²) in [6.45, 7) is 2.78. The maximum Gasteiger partial charge on any atom is 0.220 e. The maximum absolute atomic E-state index is 11.9. The fraction of sp³-hybridized carbons (Fsp3) is 0.231. The molecule has 0 spiro atoms. The molecule has 0 aliphatic carbocycles. The van der Waals surface area contributed by atoms with Crippen LogP contribution in [0.1, 0.15) is 48.1 Å². The van der Waals surface area contributed by atoms with Crippen molar-refractivity contribution in [2.24, 2.45) is 5.73 Å². The molecule has 0 bridgehead atoms. The number of nitrogens with zero attached hydrogens (tertiary/aromatic N) is 1. The average molecular weight is 601 g/mol. The fourth-order valence-corrected chi connectivity index (χ4v) is 5.22. The Morgan fingerprint density at radius 1 is 0.711 bits per heavy atom. The minimum absolute atomic E-state index is 0.0745. The number of ether oxygens (including phenoxy) is 2. The molecule has 1 amide bonds. The summed E-state index contributed by atoms with van der Waals surface area (Å²) in [6, 6.07) is 39.2. The molecule has 0 aliphatic rings. The molecule has 1 heterocycles. The van der Waals surface area contributed by atoms with Gasteiger partial charge in [-0.1, -0.05) is 78.9 Å². The van der Waals surface area contributed by atoms with E-state index in [9.17, 15) is 4.79 Å². The summed E-state index contributed by atoms with van der Waals surface area (Å²) in [5, 5.41) is 4.05. The first-order chi connectivity index (χ1) is 22.2. The topological polar surface area (TPSA) is 77.5 Å². The van der Waals surface area contributed by atoms with Crippen LogP contribution in [-0.4, -0.2) is 19.0 Å². The van der Waals surface area contributed by atoms with Gasteiger partial charge in [0, 0.05) is 49.5 Å². The normalized spacial score (nSPS) is 11.1. The summed E-state index contributed by atoms with van der Waals surface area (Å²) in [7, 11) is 0. The van der Waals surface area contributed by atoms with Gasteiger partial charge < -0.3 is 20.5 Å². The van der Waals surface area contributed by atoms with Crippen molar-refractivity contribution in [3.8, 4) is 11.5 Å². The van der Waals surface area contributed by atoms with E-state index in [0.29, 0.717) is 44.2 Å². The number of nitrogens with one attached hydrogen (secondary N) is 1. The highest BCUT2D eigenvalue weighted by molar-refractivity contribution is 5.77. The lowest BCUT2D eigenvalue weighted by molar-refractivity contribution is -0.673. The van der Waals surface area contributed by atoms with Gasteiger partial charge in [0.1, 0.15) is 19.8 Å². The second-order valence-electron chi connectivity index (χ2n) is 11.0. The van der Waals surface area contributed by atoms with Crippen LogP contribution < -0.4 is 25.1 Å². The lowest BCUT2D eigenvalue weighted by Crippen LogP contribution is -2.38. The number of hydrogen-bond acceptors (Lipinski definition) is 4. The highest BCUT2D eigenvalue weighted by Crippen LogP contribution is 2.31. The first-order valence-electron chi connectivity index (χ1n) is 15.7. The van der Waals surface area contributed by atoms with E-state index in [4.69, 9.17) is 15.2 Å². The van der Waals surface area contributed by atoms with E-state index in [2.05, 4.69) is 88.8 Å². The average Bonchev–Trinajstić information content (AvgIpc) is 3.09. The molecule has 0 atom stereocenters. The summed E-state index contributed by atoms with van der Waals surface area (Å²) < 4.78 is 14.9. The molecule has 3 N–H and O–H groups in total. The number of para-hydroxylation sites is 1. The van der Waals surface area contributed by atoms with E-state index in [1.807, 2.05) is 48.5 Å². The predicted octanol–water partition coefficient (Wildman–Crippen LogP) is 7.09. The van der Waals surface area contributed by atoms with Crippen LogP contribution in [0.5, 0.6) is 11.5 Å². The Morgan fingerprint density at radius 3 is 2.13 bits per heavy atom. The number of rotatable bonds is 16. The molecule has 0 fully saturated rings. The Bertz CT molecular complexity index is 1690. The largest absolute Gasteiger partial charge is 0.485 e. The number of unbranched alkanes of at least 4 members (excludes halogenated alkanes) is 2. The molecule has 0 unspecified atom stereocenters. The maximum atomic E-state index is 11.9. The van der Waals surface area contributed by atoms with Gasteiger partial charge in [0.25, 0.3) is 0 Å². The number of pyridine rings is 1. The molecule has 5 rings (SSSR count). The van der Waals surface area contributed by atoms with Crippen molar-refractivity contribution in [1.29, 1.82) is 0 Å². The third kappa shape index (κ3) is 9.52. The van der Waals surface area contributed by atoms with Gasteiger partial charge in [0.05, 0.1) is 0 Å². The van der Waals surface area contributed by atoms with Crippen LogP contribution in [0.2, 0.25) is 0 Å². The van der Waals surface area contributed by atoms with Crippen molar-refractivity contribution < 1.29 is 18.8 Å². The van der Waals surface area contributed by atoms with Crippen molar-refractivity contribution >= 4 is 29.0 Å². The van der Waals surface area contributed by atoms with Gasteiger partial charge in [-0.05, 0) is 59.9 Å². The van der Waals surface area contributed by atoms with Gasteiger partial charge in [-0.25, -0.2) is 0 Å². The van der Waals surface area contributed by atoms with Crippen LogP contribution in [0, 0.1) is 0 Å². The SMILES string of the molecule is NCCNC(=O)CCCCC[n+]1c(/C=C/c2ccc(OCc3ccccc3)c(OCc3ccccc3)c2)ccc2ccccc21. The number of benzene rings is 4. The number of carbonyl (C=O) groups excluding carboxylic acids is 1. The van der Waals surface area contributed by atoms with Crippen molar-refractivity contribution in [3.63, 3.8) is 0 Å². The molecule has 4 aromatic carbocycles. The first-order valence-corrected chi connectivity index (χ1v) is 15.7. The van der Waals surface area contributed by atoms with Gasteiger partial charge in [-0.2, -0.15) is 4.57 Å². The van der Waals surface area contributed by atoms with Gasteiger partial charge in [-0.15, -0.1) is 0 Å². The van der Waals surface area contributed by atoms with Crippen LogP contribution in [0.3, 0.4) is 0 Å². The Balaban J connectivity index is 1.32. The van der Waals surface area contributed by atoms with Crippen molar-refractivity contribution in [2.75, 3.05) is 13.1 Å². The Labute approximate surface area is 266 Å². The van der Waals surface area contributed by atoms with Crippen LogP contribution in [-0.2, 0) is 24.6 Å². The van der Waals surface area contributed by atoms with E-state index in [-0.39, 0.29) is 5.91 Å². The van der Waals surface area contributed by atoms with E-state index in [1.165, 1.54) is 10.9 Å². The molecule has 6 nitrogen and oxygen atoms in total. The Morgan fingerprint density at radius 2 is 1.40 bits per heavy atom. The Kier molecular flexibility index (Phi) is 11.7. The lowest BCUT2D eigenvalue weighted by Gasteiger charge is -2.14. The summed E-state index contributed by atoms with van der Waals surface area (Å²) in [5.74, 6) is 1.49. The minimum atomic E-state index is 0.0745. The number of hydrogen-bond donors (Lipinski definition) is 2. The van der Waals surface area contributed by atoms with E-state index < -0.39 is 0 Å². The van der Waals surface area contributed by atoms with Crippen molar-refractivity contribution in [1.82, 2.24) is 5.32 Å². The second-order valence-corrected chi connectivity index (χ2v) is 11.0. The van der Waals surface area contributed by atoms with Gasteiger partial charge in [0.15, 0.2) is 11.5 Å². The number of amides is 1. The van der Waals surface area contributed by atoms with Gasteiger partial charge >= 0.3 is 0 Å². The molecule has 0 aliphatic heterocycles. The third-order valence-electron chi connectivity index (χ3n) is 7.61. The summed E-state index contributed by atoms with van der Waals surface area (Å²) >= 11 is 0. The number of aryl methyl sites for hydroxylation is 1. The standard InChI is InChI=1S/C39H41N3O3/c40-25-26-41-39(43)18-8-3-11-27-42-35(23-21-34-16-9-10-17-36(34)42)22-19-31-20-24-37(44-29-32-12-4-1-5-13-32)38(28-31)45-30-33-14-6-2-7-15-33/h1-2,4-7,9-10,12-17,19-24,28H,3,8,11,18,25-27,29-30,40H2/p+1/b22-19+. The molecule has 45 heavy (non-hydrogen) atoms. The number of nitrogens with two attached hydrogens (primary N) is 1. The molecule has 5 aromatic rings. The highest BCUT2D eigenvalue weighted by atomic mass is 16.5. The number of fused-ring (bicyclic) bond motifs is 1. The molecule has 6 heteroatoms. The zero-order valence-electron chi connectivity index (χ0n) is 25.7. The second kappa shape index (κ2) is 16.8. The monoisotopic (exact) mass is 600 g/mol. The lowest BCUT2D eigenvalue weighted by atomic mass is 10.1. The third-order valence-corrected chi connectivity index (χ3v) is 7.61. The minimum Gasteiger partial charge on any atom is -0.485 e. The molecule has 1 aromatic heterocycles. The van der Waals surface area contributed by atoms with Gasteiger partial charge in [-0.3, -0.25) is 4.79 Å². The van der Waals surface area contributed by atoms with Gasteiger partial charge in [0.2, 0.25) is 17.1 Å². The first kappa shape index (κ1) is 31.5. The summed E-state index contributed by atoms with van der Waals surface area (Å²) in [5.41, 5.74) is 11.0. The van der Waals surface area contributed by atoms with Crippen LogP contribution in [0.25, 0.3) is 23.1 Å². The van der Waals surface area contributed by atoms with E-state index >= 15 is 0 Å². The summed E-state index contributed by atoms with van der Waals surface area (Å²) in [4.78, 5) is 11.9. The molecular formula is C39H42N3O3+. The van der Waals surface area contributed by atoms with Crippen LogP contribution >= 0.6 is 0 Å². The molecular weight excluding hydrogens is 558 g/mol. The predicted molar refractivity (Wildman–Crippen MR) is 182 cm³/mol. The molecule has 0 saturated heterocycles. The number of aromatic nitrogens is 1. The highest BCUT2D eigenvalue weighted by Gasteiger charge is 2.14. The van der Waals surface area contributed by atoms with Crippen LogP contribution in [0.4, 0.5) is 0 Å². The zero-order valence-corrected chi connectivity index (χ0v) is 25.7. The smallest absolute Gasteiger partial charge is 0.220 e. The quantitative estimate of drug-likeness (QED) is 0.0937. The molecule has 0 saturated carbocycles. The van der Waals surface area contributed by atoms with E-state index in [1.54, 1.807) is 0 Å². The van der Waals surface area contributed by atoms with Crippen molar-refractivity contribution in [2.45, 2.75) is 45.4 Å². The van der Waals surface area contributed by atoms with E-state index in [0.717, 1.165) is 48.2 Å².